The number of hydroxylamine groups is 2. The molecule has 314 valence electrons. The van der Waals surface area contributed by atoms with Crippen molar-refractivity contribution in [2.45, 2.75) is 84.7 Å². The van der Waals surface area contributed by atoms with Crippen LogP contribution in [0.15, 0.2) is 121 Å². The summed E-state index contributed by atoms with van der Waals surface area (Å²) in [5.41, 5.74) is 3.40. The van der Waals surface area contributed by atoms with Gasteiger partial charge in [-0.2, -0.15) is 0 Å². The maximum absolute atomic E-state index is 14.8. The molecule has 0 bridgehead atoms. The van der Waals surface area contributed by atoms with Crippen molar-refractivity contribution >= 4 is 29.9 Å². The van der Waals surface area contributed by atoms with Crippen molar-refractivity contribution in [3.05, 3.63) is 144 Å². The minimum Gasteiger partial charge on any atom is -0.445 e. The maximum Gasteiger partial charge on any atom is 0.441 e. The third-order valence-corrected chi connectivity index (χ3v) is 9.74. The zero-order valence-corrected chi connectivity index (χ0v) is 34.3. The van der Waals surface area contributed by atoms with Crippen molar-refractivity contribution in [2.75, 3.05) is 13.6 Å². The summed E-state index contributed by atoms with van der Waals surface area (Å²) in [6.45, 7) is 4.19. The van der Waals surface area contributed by atoms with Crippen LogP contribution in [0.25, 0.3) is 0 Å². The first-order valence-electron chi connectivity index (χ1n) is 20.4. The van der Waals surface area contributed by atoms with E-state index in [0.717, 1.165) is 22.3 Å². The molecule has 5 amide bonds. The van der Waals surface area contributed by atoms with E-state index in [9.17, 15) is 24.0 Å². The van der Waals surface area contributed by atoms with Gasteiger partial charge in [0, 0.05) is 19.5 Å². The number of rotatable bonds is 23. The van der Waals surface area contributed by atoms with Gasteiger partial charge in [0.15, 0.2) is 0 Å². The lowest BCUT2D eigenvalue weighted by Crippen LogP contribution is -2.51. The summed E-state index contributed by atoms with van der Waals surface area (Å²) in [5.74, 6) is -3.51. The highest BCUT2D eigenvalue weighted by Gasteiger charge is 2.40. The summed E-state index contributed by atoms with van der Waals surface area (Å²) in [4.78, 5) is 74.4. The number of imide groups is 1. The maximum atomic E-state index is 14.8. The predicted molar refractivity (Wildman–Crippen MR) is 225 cm³/mol. The fraction of sp³-hybridized carbons (Fsp3) is 0.383. The minimum atomic E-state index is -1.00. The molecule has 0 fully saturated rings. The van der Waals surface area contributed by atoms with Gasteiger partial charge in [-0.15, -0.1) is 5.06 Å². The van der Waals surface area contributed by atoms with Crippen LogP contribution >= 0.6 is 0 Å². The molecule has 1 unspecified atom stereocenters. The van der Waals surface area contributed by atoms with E-state index in [2.05, 4.69) is 16.0 Å². The number of alkyl carbamates (subject to hydrolysis) is 1. The van der Waals surface area contributed by atoms with Gasteiger partial charge in [0.25, 0.3) is 5.91 Å². The number of nitrogens with zero attached hydrogens (tertiary/aromatic N) is 1. The quantitative estimate of drug-likeness (QED) is 0.0505. The highest BCUT2D eigenvalue weighted by atomic mass is 16.7. The van der Waals surface area contributed by atoms with E-state index in [1.54, 1.807) is 12.1 Å². The molecule has 12 nitrogen and oxygen atoms in total. The number of nitrogens with one attached hydrogen (secondary N) is 3. The zero-order valence-electron chi connectivity index (χ0n) is 34.3. The number of amides is 5. The largest absolute Gasteiger partial charge is 0.445 e. The monoisotopic (exact) mass is 806 g/mol. The lowest BCUT2D eigenvalue weighted by molar-refractivity contribution is -0.186. The summed E-state index contributed by atoms with van der Waals surface area (Å²) < 4.78 is 10.9. The molecular formula is C47H58N4O8. The molecule has 4 aromatic carbocycles. The summed E-state index contributed by atoms with van der Waals surface area (Å²) in [7, 11) is 1.50. The van der Waals surface area contributed by atoms with Crippen molar-refractivity contribution in [1.29, 1.82) is 0 Å². The Hall–Kier alpha value is -6.01. The second-order valence-corrected chi connectivity index (χ2v) is 14.8. The Morgan fingerprint density at radius 2 is 1.12 bits per heavy atom. The molecule has 0 aliphatic carbocycles. The zero-order chi connectivity index (χ0) is 42.2. The Bertz CT molecular complexity index is 1860. The fourth-order valence-electron chi connectivity index (χ4n) is 6.64. The molecule has 4 rings (SSSR count). The molecular weight excluding hydrogens is 749 g/mol. The lowest BCUT2D eigenvalue weighted by Gasteiger charge is -2.31. The summed E-state index contributed by atoms with van der Waals surface area (Å²) in [6.07, 6.45) is 1.50. The van der Waals surface area contributed by atoms with E-state index in [1.165, 1.54) is 7.05 Å². The van der Waals surface area contributed by atoms with Gasteiger partial charge in [0.1, 0.15) is 25.9 Å². The van der Waals surface area contributed by atoms with Gasteiger partial charge in [-0.05, 0) is 73.1 Å². The molecule has 0 saturated heterocycles. The summed E-state index contributed by atoms with van der Waals surface area (Å²) in [6, 6.07) is 36.5. The van der Waals surface area contributed by atoms with Crippen LogP contribution in [0.1, 0.15) is 74.6 Å². The third kappa shape index (κ3) is 16.4. The van der Waals surface area contributed by atoms with Gasteiger partial charge in [-0.3, -0.25) is 19.2 Å². The van der Waals surface area contributed by atoms with Crippen LogP contribution in [-0.4, -0.2) is 54.6 Å². The number of unbranched alkanes of at least 4 members (excludes halogenated alkanes) is 1. The van der Waals surface area contributed by atoms with Crippen LogP contribution in [0.4, 0.5) is 9.59 Å². The molecule has 0 aliphatic heterocycles. The third-order valence-electron chi connectivity index (χ3n) is 9.74. The molecule has 0 radical (unpaired) electrons. The van der Waals surface area contributed by atoms with Crippen LogP contribution < -0.4 is 16.0 Å². The number of likely N-dealkylation sites (N-methyl/N-ethyl adjacent to an activating group) is 1. The Kier molecular flexibility index (Phi) is 19.6. The molecule has 0 aromatic heterocycles. The number of aryl methyl sites for hydroxylation is 1. The highest BCUT2D eigenvalue weighted by molar-refractivity contribution is 5.96. The van der Waals surface area contributed by atoms with E-state index in [1.807, 2.05) is 123 Å². The average Bonchev–Trinajstić information content (AvgIpc) is 3.26. The molecule has 12 heteroatoms. The van der Waals surface area contributed by atoms with E-state index in [-0.39, 0.29) is 44.5 Å². The van der Waals surface area contributed by atoms with E-state index in [4.69, 9.17) is 14.3 Å². The number of carbonyl (C=O) groups excluding carboxylic acids is 5. The predicted octanol–water partition coefficient (Wildman–Crippen LogP) is 7.91. The Morgan fingerprint density at radius 1 is 0.593 bits per heavy atom. The van der Waals surface area contributed by atoms with Crippen molar-refractivity contribution < 1.29 is 38.3 Å². The van der Waals surface area contributed by atoms with Gasteiger partial charge in [-0.25, -0.2) is 9.59 Å². The molecule has 59 heavy (non-hydrogen) atoms. The topological polar surface area (TPSA) is 152 Å². The Balaban J connectivity index is 1.51. The van der Waals surface area contributed by atoms with E-state index < -0.39 is 41.9 Å². The number of hydrogen-bond donors (Lipinski definition) is 3. The first kappa shape index (κ1) is 45.7. The Morgan fingerprint density at radius 3 is 1.66 bits per heavy atom. The van der Waals surface area contributed by atoms with Gasteiger partial charge in [0.05, 0.1) is 5.92 Å². The smallest absolute Gasteiger partial charge is 0.441 e. The normalized spacial score (nSPS) is 12.4. The standard InChI is InChI=1S/C47H58N4O8/c1-35(2)31-41(43(52)50-42(44(53)48-3)29-16-17-30-49-46(55)57-32-37-21-10-5-11-22-37)40(28-18-27-36-19-8-4-9-20-36)45(54)51(59-34-39-25-14-7-15-26-39)47(56)58-33-38-23-12-6-13-24-38/h4-15,19-26,35,40-42H,16-18,27-34H2,1-3H3,(H,48,53)(H,49,55)(H,50,52)/t40?,41-,42+/m1/s1. The molecule has 3 N–H and O–H groups in total. The molecule has 0 saturated carbocycles. The first-order valence-corrected chi connectivity index (χ1v) is 20.4. The van der Waals surface area contributed by atoms with Gasteiger partial charge in [-0.1, -0.05) is 135 Å². The number of carbonyl (C=O) groups is 5. The average molecular weight is 807 g/mol. The number of ether oxygens (including phenoxy) is 2. The van der Waals surface area contributed by atoms with Crippen molar-refractivity contribution in [1.82, 2.24) is 21.0 Å². The highest BCUT2D eigenvalue weighted by Crippen LogP contribution is 2.29. The molecule has 0 spiro atoms. The van der Waals surface area contributed by atoms with Crippen LogP contribution in [0.5, 0.6) is 0 Å². The second kappa shape index (κ2) is 25.4. The van der Waals surface area contributed by atoms with Gasteiger partial charge >= 0.3 is 12.2 Å². The van der Waals surface area contributed by atoms with Crippen LogP contribution in [0.2, 0.25) is 0 Å². The fourth-order valence-corrected chi connectivity index (χ4v) is 6.64. The molecule has 0 aliphatic rings. The van der Waals surface area contributed by atoms with Crippen LogP contribution in [-0.2, 0) is 54.9 Å². The van der Waals surface area contributed by atoms with Crippen molar-refractivity contribution in [3.8, 4) is 0 Å². The molecule has 4 aromatic rings. The summed E-state index contributed by atoms with van der Waals surface area (Å²) >= 11 is 0. The van der Waals surface area contributed by atoms with Gasteiger partial charge in [0.2, 0.25) is 11.8 Å². The van der Waals surface area contributed by atoms with Crippen molar-refractivity contribution in [2.24, 2.45) is 17.8 Å². The van der Waals surface area contributed by atoms with Crippen LogP contribution in [0.3, 0.4) is 0 Å². The Labute approximate surface area is 348 Å². The van der Waals surface area contributed by atoms with Crippen molar-refractivity contribution in [3.63, 3.8) is 0 Å². The molecule has 0 heterocycles. The van der Waals surface area contributed by atoms with E-state index >= 15 is 0 Å². The minimum absolute atomic E-state index is 0.0231. The van der Waals surface area contributed by atoms with Crippen LogP contribution in [0, 0.1) is 17.8 Å². The SMILES string of the molecule is CNC(=O)[C@H](CCCCNC(=O)OCc1ccccc1)NC(=O)[C@H](CC(C)C)C(CCCc1ccccc1)C(=O)N(OCc1ccccc1)C(=O)OCc1ccccc1. The lowest BCUT2D eigenvalue weighted by atomic mass is 9.80. The molecule has 3 atom stereocenters. The van der Waals surface area contributed by atoms with E-state index in [0.29, 0.717) is 43.7 Å². The summed E-state index contributed by atoms with van der Waals surface area (Å²) in [5, 5.41) is 8.97. The second-order valence-electron chi connectivity index (χ2n) is 14.8. The first-order chi connectivity index (χ1) is 28.6. The van der Waals surface area contributed by atoms with Gasteiger partial charge < -0.3 is 25.4 Å². The number of benzene rings is 4. The number of hydrogen-bond acceptors (Lipinski definition) is 8.